The van der Waals surface area contributed by atoms with Gasteiger partial charge in [-0.15, -0.1) is 0 Å². The Labute approximate surface area is 216 Å². The number of amides is 2. The number of sulfonamides is 1. The van der Waals surface area contributed by atoms with Crippen molar-refractivity contribution in [3.63, 3.8) is 0 Å². The summed E-state index contributed by atoms with van der Waals surface area (Å²) in [6.45, 7) is 0.629. The molecule has 0 aromatic heterocycles. The zero-order chi connectivity index (χ0) is 26.2. The lowest BCUT2D eigenvalue weighted by Crippen LogP contribution is -2.47. The molecule has 0 radical (unpaired) electrons. The van der Waals surface area contributed by atoms with Crippen LogP contribution in [0.3, 0.4) is 0 Å². The molecule has 2 aliphatic heterocycles. The molecule has 2 aromatic rings. The molecular formula is C27H31FN2O6S. The fraction of sp³-hybridized carbons (Fsp3) is 0.481. The lowest BCUT2D eigenvalue weighted by atomic mass is 9.91. The summed E-state index contributed by atoms with van der Waals surface area (Å²) in [5, 5.41) is 0. The highest BCUT2D eigenvalue weighted by Gasteiger charge is 2.44. The Morgan fingerprint density at radius 3 is 2.35 bits per heavy atom. The summed E-state index contributed by atoms with van der Waals surface area (Å²) in [6, 6.07) is 12.4. The van der Waals surface area contributed by atoms with E-state index >= 15 is 0 Å². The average molecular weight is 531 g/mol. The molecule has 2 saturated heterocycles. The lowest BCUT2D eigenvalue weighted by molar-refractivity contribution is 0.0449. The molecule has 2 bridgehead atoms. The first kappa shape index (κ1) is 25.5. The molecule has 8 nitrogen and oxygen atoms in total. The van der Waals surface area contributed by atoms with Crippen molar-refractivity contribution in [3.8, 4) is 5.75 Å². The number of piperidine rings is 1. The third-order valence-corrected chi connectivity index (χ3v) is 7.92. The third-order valence-electron chi connectivity index (χ3n) is 7.36. The molecule has 2 atom stereocenters. The van der Waals surface area contributed by atoms with Crippen LogP contribution in [0.1, 0.15) is 65.9 Å². The minimum absolute atomic E-state index is 0.0947. The predicted molar refractivity (Wildman–Crippen MR) is 134 cm³/mol. The van der Waals surface area contributed by atoms with Gasteiger partial charge in [0.05, 0.1) is 18.4 Å². The van der Waals surface area contributed by atoms with Gasteiger partial charge in [-0.25, -0.2) is 22.3 Å². The highest BCUT2D eigenvalue weighted by Crippen LogP contribution is 2.46. The number of halogens is 1. The van der Waals surface area contributed by atoms with Crippen molar-refractivity contribution in [1.29, 1.82) is 0 Å². The quantitative estimate of drug-likeness (QED) is 0.545. The second-order valence-electron chi connectivity index (χ2n) is 10.3. The maximum absolute atomic E-state index is 14.8. The number of benzene rings is 2. The summed E-state index contributed by atoms with van der Waals surface area (Å²) >= 11 is 0. The molecule has 1 aliphatic carbocycles. The van der Waals surface area contributed by atoms with Gasteiger partial charge in [0, 0.05) is 18.2 Å². The van der Waals surface area contributed by atoms with E-state index < -0.39 is 21.7 Å². The van der Waals surface area contributed by atoms with Crippen molar-refractivity contribution in [2.45, 2.75) is 63.1 Å². The molecule has 5 rings (SSSR count). The highest BCUT2D eigenvalue weighted by molar-refractivity contribution is 7.89. The molecule has 10 heteroatoms. The number of hydrogen-bond acceptors (Lipinski definition) is 6. The van der Waals surface area contributed by atoms with Crippen LogP contribution in [0.4, 0.5) is 9.18 Å². The van der Waals surface area contributed by atoms with Crippen LogP contribution in [-0.4, -0.2) is 50.3 Å². The Morgan fingerprint density at radius 1 is 1.05 bits per heavy atom. The monoisotopic (exact) mass is 530 g/mol. The van der Waals surface area contributed by atoms with Gasteiger partial charge in [-0.05, 0) is 67.6 Å². The summed E-state index contributed by atoms with van der Waals surface area (Å²) in [5.41, 5.74) is 1.37. The van der Waals surface area contributed by atoms with E-state index in [2.05, 4.69) is 0 Å². The third kappa shape index (κ3) is 6.06. The first-order valence-corrected chi connectivity index (χ1v) is 14.5. The van der Waals surface area contributed by atoms with Crippen LogP contribution in [0, 0.1) is 11.7 Å². The van der Waals surface area contributed by atoms with Crippen molar-refractivity contribution < 1.29 is 31.9 Å². The van der Waals surface area contributed by atoms with Crippen molar-refractivity contribution >= 4 is 22.0 Å². The normalized spacial score (nSPS) is 23.0. The Balaban J connectivity index is 1.21. The molecule has 3 aliphatic rings. The number of carbonyl (C=O) groups excluding carboxylic acids is 2. The van der Waals surface area contributed by atoms with Gasteiger partial charge in [0.1, 0.15) is 18.2 Å². The second-order valence-corrected chi connectivity index (χ2v) is 12.1. The number of carbonyl (C=O) groups is 2. The van der Waals surface area contributed by atoms with Crippen LogP contribution < -0.4 is 9.46 Å². The minimum atomic E-state index is -3.81. The summed E-state index contributed by atoms with van der Waals surface area (Å²) < 4.78 is 51.1. The number of nitrogens with zero attached hydrogens (tertiary/aromatic N) is 1. The average Bonchev–Trinajstić information content (AvgIpc) is 3.65. The van der Waals surface area contributed by atoms with Crippen LogP contribution in [0.5, 0.6) is 5.75 Å². The largest absolute Gasteiger partial charge is 0.493 e. The van der Waals surface area contributed by atoms with Gasteiger partial charge in [0.15, 0.2) is 0 Å². The van der Waals surface area contributed by atoms with E-state index in [0.29, 0.717) is 12.4 Å². The van der Waals surface area contributed by atoms with Crippen molar-refractivity contribution in [3.05, 3.63) is 65.0 Å². The molecule has 0 spiro atoms. The Bertz CT molecular complexity index is 1270. The topological polar surface area (TPSA) is 102 Å². The van der Waals surface area contributed by atoms with Crippen molar-refractivity contribution in [2.75, 3.05) is 12.9 Å². The standard InChI is InChI=1S/C27H31FN2O6S/c1-37(33,34)29-26(31)23-13-22(19-7-8-19)25(14-24(23)28)35-16-18-11-20-9-10-21(12-18)30(20)27(32)36-15-17-5-3-2-4-6-17/h2-6,13-14,18-21H,7-12,15-16H2,1H3,(H,29,31). The van der Waals surface area contributed by atoms with E-state index in [1.165, 1.54) is 12.1 Å². The fourth-order valence-electron chi connectivity index (χ4n) is 5.53. The lowest BCUT2D eigenvalue weighted by Gasteiger charge is -2.38. The number of rotatable bonds is 8. The van der Waals surface area contributed by atoms with E-state index in [9.17, 15) is 22.4 Å². The number of fused-ring (bicyclic) bond motifs is 2. The van der Waals surface area contributed by atoms with Gasteiger partial charge in [-0.1, -0.05) is 30.3 Å². The smallest absolute Gasteiger partial charge is 0.410 e. The van der Waals surface area contributed by atoms with E-state index in [1.54, 1.807) is 0 Å². The van der Waals surface area contributed by atoms with Crippen molar-refractivity contribution in [1.82, 2.24) is 9.62 Å². The highest BCUT2D eigenvalue weighted by atomic mass is 32.2. The van der Waals surface area contributed by atoms with Gasteiger partial charge >= 0.3 is 6.09 Å². The molecule has 37 heavy (non-hydrogen) atoms. The first-order valence-electron chi connectivity index (χ1n) is 12.7. The number of nitrogens with one attached hydrogen (secondary N) is 1. The molecular weight excluding hydrogens is 499 g/mol. The zero-order valence-corrected chi connectivity index (χ0v) is 21.5. The van der Waals surface area contributed by atoms with E-state index in [0.717, 1.165) is 55.9 Å². The summed E-state index contributed by atoms with van der Waals surface area (Å²) in [7, 11) is -3.81. The molecule has 1 N–H and O–H groups in total. The van der Waals surface area contributed by atoms with Gasteiger partial charge in [0.25, 0.3) is 5.91 Å². The Morgan fingerprint density at radius 2 is 1.73 bits per heavy atom. The van der Waals surface area contributed by atoms with Crippen LogP contribution in [0.2, 0.25) is 0 Å². The van der Waals surface area contributed by atoms with Crippen molar-refractivity contribution in [2.24, 2.45) is 5.92 Å². The molecule has 3 fully saturated rings. The summed E-state index contributed by atoms with van der Waals surface area (Å²) in [4.78, 5) is 27.0. The molecule has 2 amide bonds. The van der Waals surface area contributed by atoms with Crippen LogP contribution >= 0.6 is 0 Å². The van der Waals surface area contributed by atoms with Gasteiger partial charge in [-0.3, -0.25) is 4.79 Å². The Hall–Kier alpha value is -3.14. The molecule has 2 aromatic carbocycles. The minimum Gasteiger partial charge on any atom is -0.493 e. The molecule has 1 saturated carbocycles. The van der Waals surface area contributed by atoms with Crippen LogP contribution in [0.25, 0.3) is 0 Å². The maximum Gasteiger partial charge on any atom is 0.410 e. The van der Waals surface area contributed by atoms with E-state index in [4.69, 9.17) is 9.47 Å². The fourth-order valence-corrected chi connectivity index (χ4v) is 5.98. The first-order chi connectivity index (χ1) is 17.7. The molecule has 2 heterocycles. The van der Waals surface area contributed by atoms with Gasteiger partial charge in [0.2, 0.25) is 10.0 Å². The van der Waals surface area contributed by atoms with Gasteiger partial charge in [-0.2, -0.15) is 0 Å². The summed E-state index contributed by atoms with van der Waals surface area (Å²) in [5.74, 6) is -1.04. The van der Waals surface area contributed by atoms with E-state index in [1.807, 2.05) is 40.0 Å². The second kappa shape index (κ2) is 10.3. The molecule has 198 valence electrons. The van der Waals surface area contributed by atoms with E-state index in [-0.39, 0.29) is 42.2 Å². The summed E-state index contributed by atoms with van der Waals surface area (Å²) in [6.07, 6.45) is 5.80. The maximum atomic E-state index is 14.8. The van der Waals surface area contributed by atoms with Gasteiger partial charge < -0.3 is 14.4 Å². The number of hydrogen-bond donors (Lipinski definition) is 1. The predicted octanol–water partition coefficient (Wildman–Crippen LogP) is 4.35. The molecule has 2 unspecified atom stereocenters. The zero-order valence-electron chi connectivity index (χ0n) is 20.7. The van der Waals surface area contributed by atoms with Crippen LogP contribution in [-0.2, 0) is 21.4 Å². The Kier molecular flexibility index (Phi) is 7.11. The number of ether oxygens (including phenoxy) is 2. The SMILES string of the molecule is CS(=O)(=O)NC(=O)c1cc(C2CC2)c(OCC2CC3CCC(C2)N3C(=O)OCc2ccccc2)cc1F. The van der Waals surface area contributed by atoms with Crippen LogP contribution in [0.15, 0.2) is 42.5 Å².